The Hall–Kier alpha value is -2.82. The molecule has 3 atom stereocenters. The Morgan fingerprint density at radius 1 is 0.559 bits per heavy atom. The summed E-state index contributed by atoms with van der Waals surface area (Å²) in [5, 5.41) is 8.89. The number of esters is 2. The average molecular weight is 852 g/mol. The number of hydrogen-bond donors (Lipinski definition) is 3. The van der Waals surface area contributed by atoms with Gasteiger partial charge in [0.2, 0.25) is 0 Å². The molecule has 59 heavy (non-hydrogen) atoms. The lowest BCUT2D eigenvalue weighted by atomic mass is 10.1. The van der Waals surface area contributed by atoms with Gasteiger partial charge in [0.15, 0.2) is 6.10 Å². The molecule has 2 unspecified atom stereocenters. The molecule has 0 saturated carbocycles. The van der Waals surface area contributed by atoms with Gasteiger partial charge in [-0.1, -0.05) is 171 Å². The van der Waals surface area contributed by atoms with E-state index in [2.05, 4.69) is 54.8 Å². The van der Waals surface area contributed by atoms with Crippen LogP contribution in [0, 0.1) is 0 Å². The SMILES string of the molecule is CC/C=C/C=C/C=C/CCCCCCCC(=O)OC(COC(=O)CCCCCCCCC/C=C/C/C=C/CCCCCCCCCC)COP(=O)(O)OC[C@@H](N)C(=O)O. The lowest BCUT2D eigenvalue weighted by Crippen LogP contribution is -2.34. The number of ether oxygens (including phenoxy) is 2. The molecule has 0 aromatic heterocycles. The maximum atomic E-state index is 12.6. The number of hydrogen-bond acceptors (Lipinski definition) is 9. The summed E-state index contributed by atoms with van der Waals surface area (Å²) >= 11 is 0. The number of aliphatic carboxylic acids is 1. The first kappa shape index (κ1) is 56.2. The average Bonchev–Trinajstić information content (AvgIpc) is 3.21. The Morgan fingerprint density at radius 3 is 1.54 bits per heavy atom. The maximum Gasteiger partial charge on any atom is 0.472 e. The summed E-state index contributed by atoms with van der Waals surface area (Å²) in [5.41, 5.74) is 5.33. The van der Waals surface area contributed by atoms with Gasteiger partial charge in [-0.2, -0.15) is 0 Å². The maximum absolute atomic E-state index is 12.6. The van der Waals surface area contributed by atoms with E-state index in [1.54, 1.807) is 0 Å². The molecule has 0 bridgehead atoms. The fourth-order valence-corrected chi connectivity index (χ4v) is 6.76. The summed E-state index contributed by atoms with van der Waals surface area (Å²) in [6.45, 7) is 2.64. The first-order valence-electron chi connectivity index (χ1n) is 22.8. The van der Waals surface area contributed by atoms with Crippen LogP contribution in [0.25, 0.3) is 0 Å². The standard InChI is InChI=1S/C47H82NO10P/c1-3-5-7-9-11-13-15-17-18-19-20-21-22-23-24-25-27-28-30-32-34-36-38-45(49)55-40-43(41-56-59(53,54)57-42-44(48)47(51)52)58-46(50)39-37-35-33-31-29-26-16-14-12-10-8-6-4-2/h6,8,10,12,14,16,19-20,22-23,43-44H,3-5,7,9,11,13,15,17-18,21,24-42,48H2,1-2H3,(H,51,52)(H,53,54)/b8-6+,12-10+,16-14+,20-19+,23-22+/t43?,44-/m1/s1. The molecule has 0 aliphatic heterocycles. The minimum absolute atomic E-state index is 0.134. The Balaban J connectivity index is 4.31. The lowest BCUT2D eigenvalue weighted by molar-refractivity contribution is -0.161. The number of unbranched alkanes of at least 4 members (excludes halogenated alkanes) is 20. The minimum Gasteiger partial charge on any atom is -0.480 e. The zero-order chi connectivity index (χ0) is 43.5. The van der Waals surface area contributed by atoms with Crippen LogP contribution in [0.5, 0.6) is 0 Å². The normalized spacial score (nSPS) is 14.2. The Labute approximate surface area is 357 Å². The number of nitrogens with two attached hydrogens (primary N) is 1. The van der Waals surface area contributed by atoms with E-state index < -0.39 is 51.1 Å². The van der Waals surface area contributed by atoms with Gasteiger partial charge in [0.05, 0.1) is 13.2 Å². The summed E-state index contributed by atoms with van der Waals surface area (Å²) in [4.78, 5) is 46.0. The van der Waals surface area contributed by atoms with Gasteiger partial charge in [0, 0.05) is 12.8 Å². The number of phosphoric ester groups is 1. The molecule has 4 N–H and O–H groups in total. The quantitative estimate of drug-likeness (QED) is 0.0175. The second-order valence-electron chi connectivity index (χ2n) is 15.2. The largest absolute Gasteiger partial charge is 0.480 e. The predicted molar refractivity (Wildman–Crippen MR) is 240 cm³/mol. The molecule has 0 amide bonds. The van der Waals surface area contributed by atoms with Crippen molar-refractivity contribution in [3.63, 3.8) is 0 Å². The first-order valence-corrected chi connectivity index (χ1v) is 24.3. The molecule has 0 aromatic carbocycles. The van der Waals surface area contributed by atoms with Crippen LogP contribution in [0.2, 0.25) is 0 Å². The fraction of sp³-hybridized carbons (Fsp3) is 0.723. The van der Waals surface area contributed by atoms with Gasteiger partial charge >= 0.3 is 25.7 Å². The zero-order valence-corrected chi connectivity index (χ0v) is 37.7. The van der Waals surface area contributed by atoms with Crippen LogP contribution in [0.15, 0.2) is 60.8 Å². The number of carboxylic acids is 1. The molecular formula is C47H82NO10P. The third-order valence-corrected chi connectivity index (χ3v) is 10.5. The van der Waals surface area contributed by atoms with Gasteiger partial charge in [0.25, 0.3) is 0 Å². The van der Waals surface area contributed by atoms with Crippen molar-refractivity contribution in [2.75, 3.05) is 19.8 Å². The van der Waals surface area contributed by atoms with Crippen molar-refractivity contribution in [1.82, 2.24) is 0 Å². The molecule has 0 saturated heterocycles. The monoisotopic (exact) mass is 852 g/mol. The summed E-state index contributed by atoms with van der Waals surface area (Å²) < 4.78 is 32.7. The van der Waals surface area contributed by atoms with Crippen LogP contribution in [-0.2, 0) is 37.5 Å². The van der Waals surface area contributed by atoms with E-state index in [9.17, 15) is 23.8 Å². The number of carbonyl (C=O) groups is 3. The number of carbonyl (C=O) groups excluding carboxylic acids is 2. The molecule has 0 aromatic rings. The zero-order valence-electron chi connectivity index (χ0n) is 36.8. The highest BCUT2D eigenvalue weighted by Crippen LogP contribution is 2.43. The molecule has 0 heterocycles. The van der Waals surface area contributed by atoms with Gasteiger partial charge in [-0.3, -0.25) is 23.4 Å². The highest BCUT2D eigenvalue weighted by atomic mass is 31.2. The van der Waals surface area contributed by atoms with Crippen molar-refractivity contribution in [3.05, 3.63) is 60.8 Å². The Morgan fingerprint density at radius 2 is 1.02 bits per heavy atom. The molecule has 0 radical (unpaired) electrons. The van der Waals surface area contributed by atoms with E-state index in [1.165, 1.54) is 70.6 Å². The molecule has 0 aliphatic carbocycles. The summed E-state index contributed by atoms with van der Waals surface area (Å²) in [6.07, 6.45) is 48.6. The second-order valence-corrected chi connectivity index (χ2v) is 16.7. The van der Waals surface area contributed by atoms with Crippen molar-refractivity contribution in [3.8, 4) is 0 Å². The fourth-order valence-electron chi connectivity index (χ4n) is 5.98. The third-order valence-electron chi connectivity index (χ3n) is 9.56. The highest BCUT2D eigenvalue weighted by molar-refractivity contribution is 7.47. The summed E-state index contributed by atoms with van der Waals surface area (Å²) in [7, 11) is -4.73. The molecule has 0 fully saturated rings. The van der Waals surface area contributed by atoms with E-state index in [1.807, 2.05) is 24.3 Å². The molecule has 12 heteroatoms. The Bertz CT molecular complexity index is 1230. The van der Waals surface area contributed by atoms with Crippen LogP contribution in [-0.4, -0.2) is 59.9 Å². The van der Waals surface area contributed by atoms with Gasteiger partial charge in [-0.05, 0) is 64.2 Å². The number of allylic oxidation sites excluding steroid dienone is 10. The number of rotatable bonds is 42. The van der Waals surface area contributed by atoms with Crippen LogP contribution < -0.4 is 5.73 Å². The van der Waals surface area contributed by atoms with Crippen molar-refractivity contribution >= 4 is 25.7 Å². The van der Waals surface area contributed by atoms with Crippen molar-refractivity contribution in [2.24, 2.45) is 5.73 Å². The second kappa shape index (κ2) is 41.9. The highest BCUT2D eigenvalue weighted by Gasteiger charge is 2.28. The Kier molecular flexibility index (Phi) is 39.9. The lowest BCUT2D eigenvalue weighted by Gasteiger charge is -2.20. The van der Waals surface area contributed by atoms with Gasteiger partial charge < -0.3 is 25.2 Å². The predicted octanol–water partition coefficient (Wildman–Crippen LogP) is 12.3. The van der Waals surface area contributed by atoms with Crippen LogP contribution in [0.1, 0.15) is 187 Å². The third kappa shape index (κ3) is 41.7. The molecule has 0 aliphatic rings. The van der Waals surface area contributed by atoms with Gasteiger partial charge in [0.1, 0.15) is 12.6 Å². The molecule has 11 nitrogen and oxygen atoms in total. The number of phosphoric acid groups is 1. The van der Waals surface area contributed by atoms with E-state index in [0.717, 1.165) is 77.0 Å². The molecule has 0 rings (SSSR count). The first-order chi connectivity index (χ1) is 28.6. The van der Waals surface area contributed by atoms with Crippen LogP contribution in [0.3, 0.4) is 0 Å². The van der Waals surface area contributed by atoms with Gasteiger partial charge in [-0.25, -0.2) is 4.57 Å². The van der Waals surface area contributed by atoms with Gasteiger partial charge in [-0.15, -0.1) is 0 Å². The van der Waals surface area contributed by atoms with E-state index in [0.29, 0.717) is 12.8 Å². The summed E-state index contributed by atoms with van der Waals surface area (Å²) in [5.74, 6) is -2.42. The van der Waals surface area contributed by atoms with Crippen molar-refractivity contribution in [2.45, 2.75) is 199 Å². The topological polar surface area (TPSA) is 172 Å². The number of carboxylic acid groups (broad SMARTS) is 1. The van der Waals surface area contributed by atoms with E-state index >= 15 is 0 Å². The molecule has 0 spiro atoms. The molecular weight excluding hydrogens is 769 g/mol. The van der Waals surface area contributed by atoms with E-state index in [4.69, 9.17) is 24.8 Å². The van der Waals surface area contributed by atoms with Crippen LogP contribution in [0.4, 0.5) is 0 Å². The van der Waals surface area contributed by atoms with Crippen molar-refractivity contribution in [1.29, 1.82) is 0 Å². The smallest absolute Gasteiger partial charge is 0.472 e. The molecule has 340 valence electrons. The summed E-state index contributed by atoms with van der Waals surface area (Å²) in [6, 6.07) is -1.53. The van der Waals surface area contributed by atoms with Crippen LogP contribution >= 0.6 is 7.82 Å². The van der Waals surface area contributed by atoms with Crippen molar-refractivity contribution < 1.29 is 47.5 Å². The minimum atomic E-state index is -4.73. The van der Waals surface area contributed by atoms with E-state index in [-0.39, 0.29) is 19.4 Å².